The van der Waals surface area contributed by atoms with Gasteiger partial charge in [0.2, 0.25) is 0 Å². The van der Waals surface area contributed by atoms with E-state index in [1.54, 1.807) is 18.2 Å². The molecule has 1 aromatic heterocycles. The van der Waals surface area contributed by atoms with Gasteiger partial charge in [-0.1, -0.05) is 33.6 Å². The molecule has 1 N–H and O–H groups in total. The fourth-order valence-corrected chi connectivity index (χ4v) is 4.13. The van der Waals surface area contributed by atoms with E-state index in [2.05, 4.69) is 20.9 Å². The van der Waals surface area contributed by atoms with E-state index >= 15 is 4.39 Å². The summed E-state index contributed by atoms with van der Waals surface area (Å²) < 4.78 is 40.1. The number of hydrogen-bond donors (Lipinski definition) is 1. The topological polar surface area (TPSA) is 89.3 Å². The van der Waals surface area contributed by atoms with Gasteiger partial charge in [0, 0.05) is 34.3 Å². The molecular weight excluding hydrogens is 475 g/mol. The van der Waals surface area contributed by atoms with E-state index in [1.165, 1.54) is 17.0 Å². The van der Waals surface area contributed by atoms with Crippen LogP contribution in [-0.4, -0.2) is 41.1 Å². The number of carboxylic acids is 1. The van der Waals surface area contributed by atoms with Gasteiger partial charge >= 0.3 is 5.97 Å². The van der Waals surface area contributed by atoms with E-state index in [1.807, 2.05) is 0 Å². The molecule has 0 spiro atoms. The summed E-state index contributed by atoms with van der Waals surface area (Å²) in [7, 11) is -3.24. The Morgan fingerprint density at radius 1 is 1.36 bits per heavy atom. The number of halogens is 3. The van der Waals surface area contributed by atoms with Crippen LogP contribution in [0.15, 0.2) is 35.1 Å². The Hall–Kier alpha value is -1.97. The Morgan fingerprint density at radius 2 is 2.07 bits per heavy atom. The first-order chi connectivity index (χ1) is 13.1. The zero-order chi connectivity index (χ0) is 20.6. The minimum atomic E-state index is -3.24. The number of aromatic nitrogens is 2. The van der Waals surface area contributed by atoms with Crippen molar-refractivity contribution in [3.63, 3.8) is 0 Å². The van der Waals surface area contributed by atoms with Crippen LogP contribution in [0.1, 0.15) is 21.5 Å². The van der Waals surface area contributed by atoms with Crippen molar-refractivity contribution in [2.45, 2.75) is 13.0 Å². The molecule has 0 fully saturated rings. The molecule has 0 saturated carbocycles. The van der Waals surface area contributed by atoms with Gasteiger partial charge in [-0.25, -0.2) is 22.6 Å². The summed E-state index contributed by atoms with van der Waals surface area (Å²) in [5, 5.41) is 9.97. The number of rotatable bonds is 6. The Morgan fingerprint density at radius 3 is 2.68 bits per heavy atom. The van der Waals surface area contributed by atoms with Crippen LogP contribution in [-0.2, 0) is 22.8 Å². The van der Waals surface area contributed by atoms with Gasteiger partial charge in [0.25, 0.3) is 0 Å². The number of sulfone groups is 1. The monoisotopic (exact) mass is 488 g/mol. The number of hydrogen-bond acceptors (Lipinski definition) is 4. The molecule has 0 saturated heterocycles. The molecular formula is C18H15BrClFN2O4S. The highest BCUT2D eigenvalue weighted by Crippen LogP contribution is 2.29. The van der Waals surface area contributed by atoms with Gasteiger partial charge in [0.15, 0.2) is 5.82 Å². The number of nitrogens with zero attached hydrogens (tertiary/aromatic N) is 2. The van der Waals surface area contributed by atoms with Gasteiger partial charge in [-0.2, -0.15) is 0 Å². The van der Waals surface area contributed by atoms with Crippen molar-refractivity contribution in [3.05, 3.63) is 62.6 Å². The standard InChI is InChI=1S/C18H15BrClFN2O4S/c1-28(26,27)5-4-23-9-22-17-15(23)8-13(18(24)25)12(16(17)21)6-10-2-3-11(19)7-14(10)20/h2-3,7-9H,4-6H2,1H3,(H,24,25). The van der Waals surface area contributed by atoms with Crippen molar-refractivity contribution in [2.75, 3.05) is 12.0 Å². The lowest BCUT2D eigenvalue weighted by Crippen LogP contribution is -2.11. The van der Waals surface area contributed by atoms with Crippen LogP contribution < -0.4 is 0 Å². The van der Waals surface area contributed by atoms with Crippen LogP contribution >= 0.6 is 27.5 Å². The molecule has 3 aromatic rings. The van der Waals surface area contributed by atoms with Crippen molar-refractivity contribution < 1.29 is 22.7 Å². The third-order valence-corrected chi connectivity index (χ3v) is 6.04. The second-order valence-electron chi connectivity index (χ2n) is 6.37. The SMILES string of the molecule is CS(=O)(=O)CCn1cnc2c(F)c(Cc3ccc(Br)cc3Cl)c(C(=O)O)cc21. The average molecular weight is 490 g/mol. The first kappa shape index (κ1) is 20.8. The van der Waals surface area contributed by atoms with Crippen LogP contribution in [0.4, 0.5) is 4.39 Å². The summed E-state index contributed by atoms with van der Waals surface area (Å²) in [5.41, 5.74) is 0.538. The minimum absolute atomic E-state index is 0.0123. The molecule has 6 nitrogen and oxygen atoms in total. The highest BCUT2D eigenvalue weighted by molar-refractivity contribution is 9.10. The lowest BCUT2D eigenvalue weighted by Gasteiger charge is -2.11. The number of fused-ring (bicyclic) bond motifs is 1. The molecule has 1 heterocycles. The molecule has 0 atom stereocenters. The van der Waals surface area contributed by atoms with Crippen LogP contribution in [0.2, 0.25) is 5.02 Å². The van der Waals surface area contributed by atoms with Gasteiger partial charge in [0.05, 0.1) is 23.2 Å². The maximum atomic E-state index is 15.2. The highest BCUT2D eigenvalue weighted by Gasteiger charge is 2.22. The summed E-state index contributed by atoms with van der Waals surface area (Å²) in [4.78, 5) is 15.8. The van der Waals surface area contributed by atoms with E-state index < -0.39 is 21.6 Å². The maximum absolute atomic E-state index is 15.2. The molecule has 0 unspecified atom stereocenters. The van der Waals surface area contributed by atoms with Crippen molar-refractivity contribution in [3.8, 4) is 0 Å². The summed E-state index contributed by atoms with van der Waals surface area (Å²) in [5.74, 6) is -2.22. The number of aromatic carboxylic acids is 1. The molecule has 0 aliphatic carbocycles. The second kappa shape index (κ2) is 7.81. The maximum Gasteiger partial charge on any atom is 0.336 e. The summed E-state index contributed by atoms with van der Waals surface area (Å²) in [6.07, 6.45) is 2.38. The van der Waals surface area contributed by atoms with Gasteiger partial charge < -0.3 is 9.67 Å². The number of aryl methyl sites for hydroxylation is 1. The quantitative estimate of drug-likeness (QED) is 0.567. The van der Waals surface area contributed by atoms with Crippen molar-refractivity contribution in [1.29, 1.82) is 0 Å². The molecule has 0 aliphatic heterocycles. The Labute approximate surface area is 174 Å². The van der Waals surface area contributed by atoms with E-state index in [9.17, 15) is 18.3 Å². The van der Waals surface area contributed by atoms with Gasteiger partial charge in [-0.15, -0.1) is 0 Å². The lowest BCUT2D eigenvalue weighted by atomic mass is 9.98. The summed E-state index contributed by atoms with van der Waals surface area (Å²) in [6.45, 7) is 0.0473. The van der Waals surface area contributed by atoms with Gasteiger partial charge in [0.1, 0.15) is 15.4 Å². The Balaban J connectivity index is 2.11. The third-order valence-electron chi connectivity index (χ3n) is 4.27. The van der Waals surface area contributed by atoms with Crippen LogP contribution in [0, 0.1) is 5.82 Å². The van der Waals surface area contributed by atoms with Crippen molar-refractivity contribution >= 4 is 54.4 Å². The molecule has 0 aliphatic rings. The molecule has 148 valence electrons. The van der Waals surface area contributed by atoms with Crippen LogP contribution in [0.3, 0.4) is 0 Å². The predicted molar refractivity (Wildman–Crippen MR) is 108 cm³/mol. The summed E-state index contributed by atoms with van der Waals surface area (Å²) in [6, 6.07) is 6.39. The van der Waals surface area contributed by atoms with Crippen LogP contribution in [0.25, 0.3) is 11.0 Å². The number of imidazole rings is 1. The fourth-order valence-electron chi connectivity index (χ4n) is 2.86. The zero-order valence-electron chi connectivity index (χ0n) is 14.6. The molecule has 0 radical (unpaired) electrons. The Bertz CT molecular complexity index is 1190. The largest absolute Gasteiger partial charge is 0.478 e. The lowest BCUT2D eigenvalue weighted by molar-refractivity contribution is 0.0695. The fraction of sp³-hybridized carbons (Fsp3) is 0.222. The van der Waals surface area contributed by atoms with Crippen molar-refractivity contribution in [1.82, 2.24) is 9.55 Å². The molecule has 10 heteroatoms. The highest BCUT2D eigenvalue weighted by atomic mass is 79.9. The Kier molecular flexibility index (Phi) is 5.79. The second-order valence-corrected chi connectivity index (χ2v) is 9.95. The first-order valence-electron chi connectivity index (χ1n) is 8.08. The number of carbonyl (C=O) groups is 1. The van der Waals surface area contributed by atoms with E-state index in [0.29, 0.717) is 10.6 Å². The van der Waals surface area contributed by atoms with Crippen LogP contribution in [0.5, 0.6) is 0 Å². The van der Waals surface area contributed by atoms with Gasteiger partial charge in [-0.05, 0) is 23.8 Å². The van der Waals surface area contributed by atoms with Gasteiger partial charge in [-0.3, -0.25) is 0 Å². The smallest absolute Gasteiger partial charge is 0.336 e. The van der Waals surface area contributed by atoms with Crippen molar-refractivity contribution in [2.24, 2.45) is 0 Å². The zero-order valence-corrected chi connectivity index (χ0v) is 17.8. The third kappa shape index (κ3) is 4.37. The first-order valence-corrected chi connectivity index (χ1v) is 11.3. The molecule has 0 bridgehead atoms. The minimum Gasteiger partial charge on any atom is -0.478 e. The predicted octanol–water partition coefficient (Wildman–Crippen LogP) is 3.92. The molecule has 2 aromatic carbocycles. The molecule has 0 amide bonds. The number of benzene rings is 2. The molecule has 28 heavy (non-hydrogen) atoms. The van der Waals surface area contributed by atoms with E-state index in [4.69, 9.17) is 11.6 Å². The van der Waals surface area contributed by atoms with E-state index in [-0.39, 0.29) is 40.9 Å². The van der Waals surface area contributed by atoms with E-state index in [0.717, 1.165) is 10.7 Å². The number of carboxylic acid groups (broad SMARTS) is 1. The summed E-state index contributed by atoms with van der Waals surface area (Å²) >= 11 is 9.48. The molecule has 3 rings (SSSR count). The normalized spacial score (nSPS) is 11.9. The average Bonchev–Trinajstić information content (AvgIpc) is 2.99.